The van der Waals surface area contributed by atoms with Crippen LogP contribution >= 0.6 is 0 Å². The minimum atomic E-state index is 0.186. The lowest BCUT2D eigenvalue weighted by atomic mass is 10.0. The minimum absolute atomic E-state index is 0.186. The van der Waals surface area contributed by atoms with Crippen molar-refractivity contribution in [2.45, 2.75) is 25.0 Å². The number of nitrogens with zero attached hydrogens (tertiary/aromatic N) is 1. The molecule has 2 heterocycles. The van der Waals surface area contributed by atoms with Crippen molar-refractivity contribution in [3.63, 3.8) is 0 Å². The zero-order valence-electron chi connectivity index (χ0n) is 10.5. The van der Waals surface area contributed by atoms with Crippen molar-refractivity contribution >= 4 is 0 Å². The Hall–Kier alpha value is -1.40. The molecule has 2 rings (SSSR count). The molecule has 2 aliphatic rings. The molecular formula is C12H22N4O2. The van der Waals surface area contributed by atoms with Crippen LogP contribution in [0.25, 0.3) is 0 Å². The highest BCUT2D eigenvalue weighted by Crippen LogP contribution is 2.20. The lowest BCUT2D eigenvalue weighted by molar-refractivity contribution is -0.0818. The normalized spacial score (nSPS) is 23.4. The molecule has 0 atom stereocenters. The first-order chi connectivity index (χ1) is 8.65. The van der Waals surface area contributed by atoms with E-state index in [0.29, 0.717) is 11.9 Å². The van der Waals surface area contributed by atoms with Gasteiger partial charge in [0.25, 0.3) is 0 Å². The van der Waals surface area contributed by atoms with E-state index in [1.54, 1.807) is 6.08 Å². The number of ether oxygens (including phenoxy) is 2. The first kappa shape index (κ1) is 13.0. The Balaban J connectivity index is 1.72. The second-order valence-corrected chi connectivity index (χ2v) is 4.78. The van der Waals surface area contributed by atoms with Gasteiger partial charge in [-0.25, -0.2) is 0 Å². The molecule has 0 radical (unpaired) electrons. The average molecular weight is 254 g/mol. The first-order valence-corrected chi connectivity index (χ1v) is 6.32. The van der Waals surface area contributed by atoms with Gasteiger partial charge in [0.1, 0.15) is 6.10 Å². The van der Waals surface area contributed by atoms with Crippen LogP contribution in [0.5, 0.6) is 0 Å². The Bertz CT molecular complexity index is 327. The maximum absolute atomic E-state index is 5.73. The van der Waals surface area contributed by atoms with Gasteiger partial charge in [0, 0.05) is 19.2 Å². The molecule has 0 aromatic carbocycles. The molecule has 0 spiro atoms. The van der Waals surface area contributed by atoms with Crippen LogP contribution < -0.4 is 17.2 Å². The van der Waals surface area contributed by atoms with Gasteiger partial charge in [-0.05, 0) is 18.9 Å². The second-order valence-electron chi connectivity index (χ2n) is 4.78. The maximum atomic E-state index is 5.73. The third-order valence-electron chi connectivity index (χ3n) is 3.36. The number of piperidine rings is 1. The molecular weight excluding hydrogens is 232 g/mol. The fourth-order valence-corrected chi connectivity index (χ4v) is 2.20. The van der Waals surface area contributed by atoms with E-state index < -0.39 is 0 Å². The third kappa shape index (κ3) is 3.54. The van der Waals surface area contributed by atoms with E-state index in [1.807, 2.05) is 0 Å². The molecule has 0 unspecified atom stereocenters. The molecule has 6 N–H and O–H groups in total. The highest BCUT2D eigenvalue weighted by molar-refractivity contribution is 5.09. The van der Waals surface area contributed by atoms with E-state index in [2.05, 4.69) is 4.90 Å². The summed E-state index contributed by atoms with van der Waals surface area (Å²) in [6, 6.07) is 0.610. The van der Waals surface area contributed by atoms with Crippen molar-refractivity contribution in [3.05, 3.63) is 23.9 Å². The summed E-state index contributed by atoms with van der Waals surface area (Å²) in [6.07, 6.45) is 5.31. The summed E-state index contributed by atoms with van der Waals surface area (Å²) >= 11 is 0. The van der Waals surface area contributed by atoms with Crippen LogP contribution in [0.15, 0.2) is 23.9 Å². The van der Waals surface area contributed by atoms with Crippen LogP contribution in [-0.4, -0.2) is 43.3 Å². The molecule has 0 amide bonds. The lowest BCUT2D eigenvalue weighted by Gasteiger charge is -2.41. The number of hydrogen-bond acceptors (Lipinski definition) is 6. The smallest absolute Gasteiger partial charge is 0.184 e. The largest absolute Gasteiger partial charge is 0.476 e. The fraction of sp³-hybridized carbons (Fsp3) is 0.667. The van der Waals surface area contributed by atoms with Gasteiger partial charge in [-0.15, -0.1) is 0 Å². The Labute approximate surface area is 107 Å². The summed E-state index contributed by atoms with van der Waals surface area (Å²) in [4.78, 5) is 2.46. The Morgan fingerprint density at radius 3 is 2.28 bits per heavy atom. The zero-order chi connectivity index (χ0) is 13.0. The summed E-state index contributed by atoms with van der Waals surface area (Å²) in [5.74, 6) is 0.593. The van der Waals surface area contributed by atoms with Crippen LogP contribution in [0, 0.1) is 0 Å². The van der Waals surface area contributed by atoms with Gasteiger partial charge in [0.05, 0.1) is 25.1 Å². The molecule has 0 saturated carbocycles. The molecule has 0 aromatic rings. The van der Waals surface area contributed by atoms with Gasteiger partial charge in [-0.1, -0.05) is 0 Å². The average Bonchev–Trinajstić information content (AvgIpc) is 2.27. The number of nitrogens with two attached hydrogens (primary N) is 3. The van der Waals surface area contributed by atoms with Crippen molar-refractivity contribution in [2.24, 2.45) is 17.2 Å². The Kier molecular flexibility index (Phi) is 4.33. The summed E-state index contributed by atoms with van der Waals surface area (Å²) in [7, 11) is 0. The van der Waals surface area contributed by atoms with Crippen LogP contribution in [0.1, 0.15) is 12.8 Å². The minimum Gasteiger partial charge on any atom is -0.476 e. The van der Waals surface area contributed by atoms with Gasteiger partial charge in [-0.2, -0.15) is 0 Å². The van der Waals surface area contributed by atoms with Gasteiger partial charge < -0.3 is 26.7 Å². The quantitative estimate of drug-likeness (QED) is 0.459. The molecule has 18 heavy (non-hydrogen) atoms. The highest BCUT2D eigenvalue weighted by atomic mass is 16.5. The van der Waals surface area contributed by atoms with Gasteiger partial charge in [0.2, 0.25) is 0 Å². The second kappa shape index (κ2) is 5.97. The van der Waals surface area contributed by atoms with Gasteiger partial charge in [0.15, 0.2) is 5.88 Å². The predicted molar refractivity (Wildman–Crippen MR) is 69.0 cm³/mol. The van der Waals surface area contributed by atoms with Gasteiger partial charge >= 0.3 is 0 Å². The molecule has 0 aliphatic carbocycles. The Morgan fingerprint density at radius 2 is 1.78 bits per heavy atom. The van der Waals surface area contributed by atoms with Crippen LogP contribution in [0.2, 0.25) is 0 Å². The Morgan fingerprint density at radius 1 is 1.11 bits per heavy atom. The fourth-order valence-electron chi connectivity index (χ4n) is 2.20. The molecule has 0 bridgehead atoms. The van der Waals surface area contributed by atoms with Crippen molar-refractivity contribution in [1.82, 2.24) is 4.90 Å². The molecule has 102 valence electrons. The summed E-state index contributed by atoms with van der Waals surface area (Å²) in [5.41, 5.74) is 16.4. The van der Waals surface area contributed by atoms with Crippen LogP contribution in [-0.2, 0) is 9.47 Å². The standard InChI is InChI=1S/C12H22N4O2/c13-11(14)1-2-12(15)18-10-3-5-16(6-4-10)9-7-17-8-9/h1-2,9-10H,3-8,13-15H2/b12-2+. The lowest BCUT2D eigenvalue weighted by Crippen LogP contribution is -2.52. The van der Waals surface area contributed by atoms with Crippen molar-refractivity contribution < 1.29 is 9.47 Å². The third-order valence-corrected chi connectivity index (χ3v) is 3.36. The van der Waals surface area contributed by atoms with E-state index in [0.717, 1.165) is 39.1 Å². The van der Waals surface area contributed by atoms with Crippen LogP contribution in [0.3, 0.4) is 0 Å². The zero-order valence-corrected chi connectivity index (χ0v) is 10.5. The molecule has 2 saturated heterocycles. The maximum Gasteiger partial charge on any atom is 0.184 e. The molecule has 6 heteroatoms. The molecule has 0 aromatic heterocycles. The molecule has 2 fully saturated rings. The number of rotatable bonds is 4. The topological polar surface area (TPSA) is 99.8 Å². The van der Waals surface area contributed by atoms with Crippen molar-refractivity contribution in [2.75, 3.05) is 26.3 Å². The van der Waals surface area contributed by atoms with E-state index >= 15 is 0 Å². The number of likely N-dealkylation sites (tertiary alicyclic amines) is 1. The van der Waals surface area contributed by atoms with E-state index in [9.17, 15) is 0 Å². The van der Waals surface area contributed by atoms with E-state index in [1.165, 1.54) is 6.08 Å². The summed E-state index contributed by atoms with van der Waals surface area (Å²) < 4.78 is 10.8. The highest BCUT2D eigenvalue weighted by Gasteiger charge is 2.30. The number of allylic oxidation sites excluding steroid dienone is 2. The molecule has 6 nitrogen and oxygen atoms in total. The van der Waals surface area contributed by atoms with Gasteiger partial charge in [-0.3, -0.25) is 4.90 Å². The predicted octanol–water partition coefficient (Wildman–Crippen LogP) is -0.575. The summed E-state index contributed by atoms with van der Waals surface area (Å²) in [6.45, 7) is 3.82. The van der Waals surface area contributed by atoms with E-state index in [-0.39, 0.29) is 11.9 Å². The van der Waals surface area contributed by atoms with Crippen molar-refractivity contribution in [3.8, 4) is 0 Å². The molecule has 2 aliphatic heterocycles. The number of hydrogen-bond donors (Lipinski definition) is 3. The monoisotopic (exact) mass is 254 g/mol. The SMILES string of the molecule is NC(N)=C/C=C(\N)OC1CCN(C2COC2)CC1. The van der Waals surface area contributed by atoms with E-state index in [4.69, 9.17) is 26.7 Å². The first-order valence-electron chi connectivity index (χ1n) is 6.32. The summed E-state index contributed by atoms with van der Waals surface area (Å²) in [5, 5.41) is 0. The van der Waals surface area contributed by atoms with Crippen molar-refractivity contribution in [1.29, 1.82) is 0 Å². The van der Waals surface area contributed by atoms with Crippen LogP contribution in [0.4, 0.5) is 0 Å².